The van der Waals surface area contributed by atoms with Gasteiger partial charge in [0.25, 0.3) is 0 Å². The number of nitrogens with one attached hydrogen (secondary N) is 1. The maximum Gasteiger partial charge on any atom is 0.172 e. The molecule has 1 aromatic rings. The molecule has 1 aromatic heterocycles. The van der Waals surface area contributed by atoms with E-state index in [0.29, 0.717) is 11.1 Å². The first-order chi connectivity index (χ1) is 6.77. The van der Waals surface area contributed by atoms with Gasteiger partial charge in [0.2, 0.25) is 0 Å². The molecule has 0 amide bonds. The van der Waals surface area contributed by atoms with Crippen LogP contribution in [0.5, 0.6) is 5.75 Å². The largest absolute Gasteiger partial charge is 0.504 e. The van der Waals surface area contributed by atoms with E-state index in [1.165, 1.54) is 6.20 Å². The first-order valence-electron chi connectivity index (χ1n) is 4.88. The van der Waals surface area contributed by atoms with Gasteiger partial charge >= 0.3 is 0 Å². The van der Waals surface area contributed by atoms with Crippen LogP contribution in [0.4, 0.5) is 0 Å². The molecule has 1 aliphatic rings. The number of piperidine rings is 1. The summed E-state index contributed by atoms with van der Waals surface area (Å²) in [4.78, 5) is 0. The molecular weight excluding hydrogens is 202 g/mol. The zero-order chi connectivity index (χ0) is 9.97. The van der Waals surface area contributed by atoms with E-state index in [4.69, 9.17) is 11.6 Å². The Balaban J connectivity index is 1.99. The van der Waals surface area contributed by atoms with Gasteiger partial charge in [-0.05, 0) is 31.8 Å². The van der Waals surface area contributed by atoms with Crippen LogP contribution in [0.3, 0.4) is 0 Å². The van der Waals surface area contributed by atoms with Crippen molar-refractivity contribution in [1.29, 1.82) is 0 Å². The topological polar surface area (TPSA) is 50.1 Å². The van der Waals surface area contributed by atoms with Gasteiger partial charge in [-0.2, -0.15) is 5.10 Å². The van der Waals surface area contributed by atoms with Gasteiger partial charge < -0.3 is 10.4 Å². The molecule has 0 aliphatic carbocycles. The third-order valence-electron chi connectivity index (χ3n) is 2.65. The van der Waals surface area contributed by atoms with E-state index >= 15 is 0 Å². The van der Waals surface area contributed by atoms with Crippen molar-refractivity contribution in [2.24, 2.45) is 5.92 Å². The van der Waals surface area contributed by atoms with Crippen molar-refractivity contribution in [2.45, 2.75) is 19.4 Å². The second-order valence-electron chi connectivity index (χ2n) is 3.70. The molecule has 2 heterocycles. The zero-order valence-corrected chi connectivity index (χ0v) is 8.67. The minimum Gasteiger partial charge on any atom is -0.504 e. The fraction of sp³-hybridized carbons (Fsp3) is 0.667. The van der Waals surface area contributed by atoms with Gasteiger partial charge in [0.15, 0.2) is 10.9 Å². The van der Waals surface area contributed by atoms with Gasteiger partial charge in [-0.25, -0.2) is 0 Å². The van der Waals surface area contributed by atoms with Crippen LogP contribution in [0.1, 0.15) is 12.8 Å². The lowest BCUT2D eigenvalue weighted by Crippen LogP contribution is -2.30. The Kier molecular flexibility index (Phi) is 2.93. The van der Waals surface area contributed by atoms with Crippen molar-refractivity contribution < 1.29 is 5.11 Å². The maximum atomic E-state index is 9.24. The Hall–Kier alpha value is -0.740. The highest BCUT2D eigenvalue weighted by atomic mass is 35.5. The first-order valence-corrected chi connectivity index (χ1v) is 5.26. The molecule has 0 unspecified atom stereocenters. The number of nitrogens with zero attached hydrogens (tertiary/aromatic N) is 2. The van der Waals surface area contributed by atoms with Crippen LogP contribution in [-0.4, -0.2) is 28.0 Å². The minimum absolute atomic E-state index is 0.0700. The van der Waals surface area contributed by atoms with E-state index < -0.39 is 0 Å². The molecule has 0 radical (unpaired) electrons. The molecule has 14 heavy (non-hydrogen) atoms. The number of rotatable bonds is 2. The Bertz CT molecular complexity index is 307. The van der Waals surface area contributed by atoms with Crippen LogP contribution >= 0.6 is 11.6 Å². The summed E-state index contributed by atoms with van der Waals surface area (Å²) >= 11 is 5.86. The Labute approximate surface area is 87.9 Å². The normalized spacial score (nSPS) is 18.6. The summed E-state index contributed by atoms with van der Waals surface area (Å²) < 4.78 is 1.67. The van der Waals surface area contributed by atoms with E-state index in [0.717, 1.165) is 32.5 Å². The fourth-order valence-corrected chi connectivity index (χ4v) is 1.96. The summed E-state index contributed by atoms with van der Waals surface area (Å²) in [7, 11) is 0. The number of aromatic hydroxyl groups is 1. The quantitative estimate of drug-likeness (QED) is 0.781. The Morgan fingerprint density at radius 2 is 2.29 bits per heavy atom. The molecular formula is C9H14ClN3O. The minimum atomic E-state index is 0.0700. The van der Waals surface area contributed by atoms with Crippen molar-refractivity contribution >= 4 is 11.6 Å². The van der Waals surface area contributed by atoms with Crippen LogP contribution in [0.25, 0.3) is 0 Å². The highest BCUT2D eigenvalue weighted by Gasteiger charge is 2.16. The predicted molar refractivity (Wildman–Crippen MR) is 54.5 cm³/mol. The van der Waals surface area contributed by atoms with Crippen LogP contribution in [0, 0.1) is 5.92 Å². The molecule has 2 rings (SSSR count). The average Bonchev–Trinajstić information content (AvgIpc) is 2.52. The highest BCUT2D eigenvalue weighted by molar-refractivity contribution is 6.30. The zero-order valence-electron chi connectivity index (χ0n) is 7.91. The SMILES string of the molecule is Oc1cnn(CC2CCNCC2)c1Cl. The summed E-state index contributed by atoms with van der Waals surface area (Å²) in [5, 5.41) is 16.9. The van der Waals surface area contributed by atoms with Crippen LogP contribution in [0.15, 0.2) is 6.20 Å². The standard InChI is InChI=1S/C9H14ClN3O/c10-9-8(14)5-12-13(9)6-7-1-3-11-4-2-7/h5,7,11,14H,1-4,6H2. The van der Waals surface area contributed by atoms with Crippen molar-refractivity contribution in [2.75, 3.05) is 13.1 Å². The lowest BCUT2D eigenvalue weighted by Gasteiger charge is -2.22. The van der Waals surface area contributed by atoms with E-state index in [9.17, 15) is 5.11 Å². The summed E-state index contributed by atoms with van der Waals surface area (Å²) in [6.07, 6.45) is 3.69. The summed E-state index contributed by atoms with van der Waals surface area (Å²) in [5.74, 6) is 0.689. The summed E-state index contributed by atoms with van der Waals surface area (Å²) in [6, 6.07) is 0. The van der Waals surface area contributed by atoms with E-state index in [-0.39, 0.29) is 5.75 Å². The third-order valence-corrected chi connectivity index (χ3v) is 3.04. The number of hydrogen-bond acceptors (Lipinski definition) is 3. The van der Waals surface area contributed by atoms with Crippen LogP contribution in [0.2, 0.25) is 5.15 Å². The molecule has 4 nitrogen and oxygen atoms in total. The van der Waals surface area contributed by atoms with Gasteiger partial charge in [-0.15, -0.1) is 0 Å². The number of hydrogen-bond donors (Lipinski definition) is 2. The van der Waals surface area contributed by atoms with Crippen LogP contribution < -0.4 is 5.32 Å². The molecule has 78 valence electrons. The van der Waals surface area contributed by atoms with E-state index in [1.807, 2.05) is 0 Å². The van der Waals surface area contributed by atoms with Gasteiger partial charge in [-0.3, -0.25) is 4.68 Å². The van der Waals surface area contributed by atoms with Crippen molar-refractivity contribution in [1.82, 2.24) is 15.1 Å². The van der Waals surface area contributed by atoms with Crippen molar-refractivity contribution in [3.8, 4) is 5.75 Å². The molecule has 1 aliphatic heterocycles. The maximum absolute atomic E-state index is 9.24. The molecule has 0 saturated carbocycles. The van der Waals surface area contributed by atoms with Crippen LogP contribution in [-0.2, 0) is 6.54 Å². The monoisotopic (exact) mass is 215 g/mol. The Morgan fingerprint density at radius 1 is 1.57 bits per heavy atom. The molecule has 1 saturated heterocycles. The van der Waals surface area contributed by atoms with Crippen molar-refractivity contribution in [3.05, 3.63) is 11.3 Å². The number of aromatic nitrogens is 2. The molecule has 5 heteroatoms. The first kappa shape index (κ1) is 9.80. The van der Waals surface area contributed by atoms with E-state index in [1.54, 1.807) is 4.68 Å². The predicted octanol–water partition coefficient (Wildman–Crippen LogP) is 1.24. The fourth-order valence-electron chi connectivity index (χ4n) is 1.80. The van der Waals surface area contributed by atoms with Gasteiger partial charge in [0.1, 0.15) is 0 Å². The summed E-state index contributed by atoms with van der Waals surface area (Å²) in [6.45, 7) is 2.94. The molecule has 0 bridgehead atoms. The lowest BCUT2D eigenvalue weighted by atomic mass is 9.98. The Morgan fingerprint density at radius 3 is 2.86 bits per heavy atom. The third kappa shape index (κ3) is 2.01. The molecule has 0 spiro atoms. The lowest BCUT2D eigenvalue weighted by molar-refractivity contribution is 0.321. The number of halogens is 1. The van der Waals surface area contributed by atoms with E-state index in [2.05, 4.69) is 10.4 Å². The second kappa shape index (κ2) is 4.19. The van der Waals surface area contributed by atoms with Gasteiger partial charge in [0.05, 0.1) is 6.20 Å². The highest BCUT2D eigenvalue weighted by Crippen LogP contribution is 2.24. The average molecular weight is 216 g/mol. The molecule has 1 fully saturated rings. The van der Waals surface area contributed by atoms with Gasteiger partial charge in [-0.1, -0.05) is 11.6 Å². The molecule has 2 N–H and O–H groups in total. The van der Waals surface area contributed by atoms with Gasteiger partial charge in [0, 0.05) is 6.54 Å². The molecule has 0 aromatic carbocycles. The smallest absolute Gasteiger partial charge is 0.172 e. The second-order valence-corrected chi connectivity index (χ2v) is 4.05. The summed E-state index contributed by atoms with van der Waals surface area (Å²) in [5.41, 5.74) is 0. The molecule has 0 atom stereocenters. The van der Waals surface area contributed by atoms with Crippen molar-refractivity contribution in [3.63, 3.8) is 0 Å².